The zero-order chi connectivity index (χ0) is 21.9. The summed E-state index contributed by atoms with van der Waals surface area (Å²) >= 11 is 0. The van der Waals surface area contributed by atoms with Gasteiger partial charge in [-0.3, -0.25) is 9.59 Å². The summed E-state index contributed by atoms with van der Waals surface area (Å²) < 4.78 is 10.2. The maximum atomic E-state index is 12.6. The Morgan fingerprint density at radius 1 is 0.968 bits per heavy atom. The second-order valence-corrected chi connectivity index (χ2v) is 6.25. The quantitative estimate of drug-likeness (QED) is 0.332. The number of hydrazone groups is 1. The van der Waals surface area contributed by atoms with Crippen LogP contribution in [0.4, 0.5) is 0 Å². The van der Waals surface area contributed by atoms with Gasteiger partial charge in [0.15, 0.2) is 5.76 Å². The number of carbonyl (C=O) groups is 2. The van der Waals surface area contributed by atoms with Gasteiger partial charge >= 0.3 is 0 Å². The Labute approximate surface area is 179 Å². The molecule has 3 rings (SSSR count). The lowest BCUT2D eigenvalue weighted by atomic mass is 10.1. The molecule has 0 spiro atoms. The van der Waals surface area contributed by atoms with Gasteiger partial charge < -0.3 is 14.5 Å². The molecule has 0 aliphatic carbocycles. The Balaban J connectivity index is 1.71. The number of furan rings is 1. The molecule has 0 saturated carbocycles. The number of rotatable bonds is 8. The normalized spacial score (nSPS) is 11.6. The van der Waals surface area contributed by atoms with Gasteiger partial charge in [0.25, 0.3) is 11.8 Å². The van der Waals surface area contributed by atoms with Gasteiger partial charge in [-0.1, -0.05) is 48.5 Å². The molecular formula is C24H21N3O4. The van der Waals surface area contributed by atoms with Crippen molar-refractivity contribution in [2.24, 2.45) is 5.10 Å². The van der Waals surface area contributed by atoms with Crippen LogP contribution in [0.5, 0.6) is 5.75 Å². The molecule has 1 heterocycles. The van der Waals surface area contributed by atoms with Crippen LogP contribution in [0.3, 0.4) is 0 Å². The first-order chi connectivity index (χ1) is 15.2. The highest BCUT2D eigenvalue weighted by molar-refractivity contribution is 6.04. The largest absolute Gasteiger partial charge is 0.497 e. The van der Waals surface area contributed by atoms with Crippen molar-refractivity contribution in [3.63, 3.8) is 0 Å². The number of hydrogen-bond donors (Lipinski definition) is 2. The first kappa shape index (κ1) is 21.3. The van der Waals surface area contributed by atoms with Crippen LogP contribution in [-0.4, -0.2) is 25.1 Å². The second-order valence-electron chi connectivity index (χ2n) is 6.25. The van der Waals surface area contributed by atoms with E-state index in [2.05, 4.69) is 15.8 Å². The van der Waals surface area contributed by atoms with Crippen LogP contribution in [0, 0.1) is 0 Å². The SMILES string of the molecule is COc1ccc(/C=C(\NC(=O)c2ccco2)C(=O)N/N=C/C=C\c2ccccc2)cc1. The van der Waals surface area contributed by atoms with Crippen molar-refractivity contribution >= 4 is 30.2 Å². The van der Waals surface area contributed by atoms with E-state index in [4.69, 9.17) is 9.15 Å². The van der Waals surface area contributed by atoms with E-state index in [1.807, 2.05) is 36.4 Å². The van der Waals surface area contributed by atoms with Crippen LogP contribution in [0.25, 0.3) is 12.2 Å². The van der Waals surface area contributed by atoms with Gasteiger partial charge in [0.2, 0.25) is 0 Å². The van der Waals surface area contributed by atoms with E-state index in [-0.39, 0.29) is 11.5 Å². The van der Waals surface area contributed by atoms with E-state index >= 15 is 0 Å². The van der Waals surface area contributed by atoms with E-state index in [1.54, 1.807) is 43.5 Å². The van der Waals surface area contributed by atoms with Gasteiger partial charge in [0, 0.05) is 6.21 Å². The summed E-state index contributed by atoms with van der Waals surface area (Å²) in [4.78, 5) is 25.0. The monoisotopic (exact) mass is 415 g/mol. The third kappa shape index (κ3) is 6.57. The molecule has 0 unspecified atom stereocenters. The fraction of sp³-hybridized carbons (Fsp3) is 0.0417. The molecule has 1 aromatic heterocycles. The Hall–Kier alpha value is -4.39. The minimum Gasteiger partial charge on any atom is -0.497 e. The fourth-order valence-electron chi connectivity index (χ4n) is 2.53. The maximum absolute atomic E-state index is 12.6. The fourth-order valence-corrected chi connectivity index (χ4v) is 2.53. The number of nitrogens with zero attached hydrogens (tertiary/aromatic N) is 1. The standard InChI is InChI=1S/C24H21N3O4/c1-30-20-13-11-19(12-14-20)17-21(26-24(29)22-10-6-16-31-22)23(28)27-25-15-5-9-18-7-3-2-4-8-18/h2-17H,1H3,(H,26,29)(H,27,28)/b9-5-,21-17-,25-15+. The van der Waals surface area contributed by atoms with Crippen molar-refractivity contribution < 1.29 is 18.7 Å². The molecule has 31 heavy (non-hydrogen) atoms. The number of carbonyl (C=O) groups excluding carboxylic acids is 2. The summed E-state index contributed by atoms with van der Waals surface area (Å²) in [5, 5.41) is 6.46. The molecule has 0 aliphatic rings. The van der Waals surface area contributed by atoms with Gasteiger partial charge in [-0.15, -0.1) is 0 Å². The van der Waals surface area contributed by atoms with Crippen LogP contribution >= 0.6 is 0 Å². The molecule has 7 heteroatoms. The maximum Gasteiger partial charge on any atom is 0.291 e. The second kappa shape index (κ2) is 11.0. The highest BCUT2D eigenvalue weighted by Crippen LogP contribution is 2.14. The van der Waals surface area contributed by atoms with Gasteiger partial charge in [-0.25, -0.2) is 5.43 Å². The first-order valence-corrected chi connectivity index (χ1v) is 9.41. The predicted octanol–water partition coefficient (Wildman–Crippen LogP) is 3.87. The highest BCUT2D eigenvalue weighted by Gasteiger charge is 2.16. The molecule has 0 atom stereocenters. The van der Waals surface area contributed by atoms with Crippen molar-refractivity contribution in [1.82, 2.24) is 10.7 Å². The zero-order valence-electron chi connectivity index (χ0n) is 16.8. The molecule has 2 aromatic carbocycles. The van der Waals surface area contributed by atoms with Crippen LogP contribution in [-0.2, 0) is 4.79 Å². The van der Waals surface area contributed by atoms with Gasteiger partial charge in [-0.2, -0.15) is 5.10 Å². The lowest BCUT2D eigenvalue weighted by Crippen LogP contribution is -2.32. The molecule has 2 amide bonds. The number of hydrogen-bond acceptors (Lipinski definition) is 5. The van der Waals surface area contributed by atoms with Crippen LogP contribution in [0.15, 0.2) is 94.3 Å². The molecule has 3 aromatic rings. The Kier molecular flexibility index (Phi) is 7.54. The number of nitrogens with one attached hydrogen (secondary N) is 2. The molecule has 156 valence electrons. The van der Waals surface area contributed by atoms with Gasteiger partial charge in [0.1, 0.15) is 11.4 Å². The van der Waals surface area contributed by atoms with E-state index < -0.39 is 11.8 Å². The smallest absolute Gasteiger partial charge is 0.291 e. The minimum atomic E-state index is -0.583. The molecular weight excluding hydrogens is 394 g/mol. The van der Waals surface area contributed by atoms with Crippen LogP contribution in [0.1, 0.15) is 21.7 Å². The molecule has 0 fully saturated rings. The van der Waals surface area contributed by atoms with Crippen LogP contribution in [0.2, 0.25) is 0 Å². The van der Waals surface area contributed by atoms with Crippen molar-refractivity contribution in [2.45, 2.75) is 0 Å². The van der Waals surface area contributed by atoms with Crippen molar-refractivity contribution in [3.05, 3.63) is 102 Å². The summed E-state index contributed by atoms with van der Waals surface area (Å²) in [6.07, 6.45) is 7.91. The predicted molar refractivity (Wildman–Crippen MR) is 119 cm³/mol. The summed E-state index contributed by atoms with van der Waals surface area (Å²) in [7, 11) is 1.57. The summed E-state index contributed by atoms with van der Waals surface area (Å²) in [5.41, 5.74) is 4.11. The van der Waals surface area contributed by atoms with E-state index in [0.29, 0.717) is 11.3 Å². The summed E-state index contributed by atoms with van der Waals surface area (Å²) in [5.74, 6) is -0.367. The zero-order valence-corrected chi connectivity index (χ0v) is 16.8. The molecule has 0 radical (unpaired) electrons. The molecule has 7 nitrogen and oxygen atoms in total. The highest BCUT2D eigenvalue weighted by atomic mass is 16.5. The topological polar surface area (TPSA) is 92.9 Å². The lowest BCUT2D eigenvalue weighted by molar-refractivity contribution is -0.117. The minimum absolute atomic E-state index is 0.00996. The third-order valence-electron chi connectivity index (χ3n) is 4.08. The van der Waals surface area contributed by atoms with Gasteiger partial charge in [0.05, 0.1) is 13.4 Å². The van der Waals surface area contributed by atoms with E-state index in [9.17, 15) is 9.59 Å². The Bertz CT molecular complexity index is 1080. The average molecular weight is 415 g/mol. The molecule has 0 saturated heterocycles. The van der Waals surface area contributed by atoms with E-state index in [0.717, 1.165) is 5.56 Å². The molecule has 0 aliphatic heterocycles. The Morgan fingerprint density at radius 2 is 1.74 bits per heavy atom. The van der Waals surface area contributed by atoms with Gasteiger partial charge in [-0.05, 0) is 47.5 Å². The van der Waals surface area contributed by atoms with Crippen LogP contribution < -0.4 is 15.5 Å². The molecule has 0 bridgehead atoms. The molecule has 2 N–H and O–H groups in total. The number of methoxy groups -OCH3 is 1. The van der Waals surface area contributed by atoms with Crippen molar-refractivity contribution in [3.8, 4) is 5.75 Å². The van der Waals surface area contributed by atoms with E-state index in [1.165, 1.54) is 24.6 Å². The summed E-state index contributed by atoms with van der Waals surface area (Å²) in [6.45, 7) is 0. The van der Waals surface area contributed by atoms with Crippen molar-refractivity contribution in [1.29, 1.82) is 0 Å². The third-order valence-corrected chi connectivity index (χ3v) is 4.08. The number of allylic oxidation sites excluding steroid dienone is 1. The lowest BCUT2D eigenvalue weighted by Gasteiger charge is -2.08. The number of benzene rings is 2. The average Bonchev–Trinajstić information content (AvgIpc) is 3.35. The first-order valence-electron chi connectivity index (χ1n) is 9.41. The number of amides is 2. The number of ether oxygens (including phenoxy) is 1. The Morgan fingerprint density at radius 3 is 2.42 bits per heavy atom. The summed E-state index contributed by atoms with van der Waals surface area (Å²) in [6, 6.07) is 19.8. The van der Waals surface area contributed by atoms with Crippen molar-refractivity contribution in [2.75, 3.05) is 7.11 Å².